The smallest absolute Gasteiger partial charge is 0.255 e. The molecule has 7 heteroatoms. The van der Waals surface area contributed by atoms with Gasteiger partial charge in [-0.1, -0.05) is 13.0 Å². The molecule has 0 bridgehead atoms. The first-order valence-corrected chi connectivity index (χ1v) is 13.3. The lowest BCUT2D eigenvalue weighted by molar-refractivity contribution is -0.126. The number of carbonyl (C=O) groups excluding carboxylic acids is 2. The quantitative estimate of drug-likeness (QED) is 0.644. The number of hydrogen-bond donors (Lipinski definition) is 2. The number of rotatable bonds is 6. The van der Waals surface area contributed by atoms with Crippen molar-refractivity contribution in [2.45, 2.75) is 95.5 Å². The number of carbonyl (C=O) groups is 2. The van der Waals surface area contributed by atoms with Gasteiger partial charge in [0, 0.05) is 30.5 Å². The van der Waals surface area contributed by atoms with E-state index in [-0.39, 0.29) is 23.5 Å². The van der Waals surface area contributed by atoms with E-state index in [0.29, 0.717) is 36.9 Å². The number of fused-ring (bicyclic) bond motifs is 1. The summed E-state index contributed by atoms with van der Waals surface area (Å²) in [6.07, 6.45) is 8.18. The zero-order valence-corrected chi connectivity index (χ0v) is 21.1. The van der Waals surface area contributed by atoms with Crippen LogP contribution < -0.4 is 15.4 Å². The van der Waals surface area contributed by atoms with Crippen LogP contribution in [-0.2, 0) is 16.1 Å². The molecule has 0 radical (unpaired) electrons. The van der Waals surface area contributed by atoms with Crippen LogP contribution in [-0.4, -0.2) is 53.7 Å². The van der Waals surface area contributed by atoms with Gasteiger partial charge in [-0.25, -0.2) is 0 Å². The van der Waals surface area contributed by atoms with E-state index in [9.17, 15) is 9.59 Å². The summed E-state index contributed by atoms with van der Waals surface area (Å²) in [7, 11) is 0. The largest absolute Gasteiger partial charge is 0.489 e. The van der Waals surface area contributed by atoms with Crippen LogP contribution in [0.15, 0.2) is 30.5 Å². The SMILES string of the molecule is C=C1CCC(N2Cc3cc(OC4CCCCC4NCC4CCOC(C)(C)C4)ccc3C2=O)C(=O)N1. The first-order chi connectivity index (χ1) is 16.8. The molecule has 1 aromatic rings. The van der Waals surface area contributed by atoms with Crippen LogP contribution in [0.5, 0.6) is 5.75 Å². The van der Waals surface area contributed by atoms with Gasteiger partial charge in [0.25, 0.3) is 5.91 Å². The Morgan fingerprint density at radius 3 is 2.83 bits per heavy atom. The first-order valence-electron chi connectivity index (χ1n) is 13.3. The summed E-state index contributed by atoms with van der Waals surface area (Å²) in [4.78, 5) is 27.2. The molecule has 3 heterocycles. The Labute approximate surface area is 208 Å². The van der Waals surface area contributed by atoms with E-state index >= 15 is 0 Å². The topological polar surface area (TPSA) is 79.9 Å². The highest BCUT2D eigenvalue weighted by molar-refractivity contribution is 6.01. The highest BCUT2D eigenvalue weighted by Gasteiger charge is 2.38. The molecule has 1 aromatic carbocycles. The fourth-order valence-electron chi connectivity index (χ4n) is 6.20. The molecule has 3 aliphatic heterocycles. The molecule has 2 N–H and O–H groups in total. The normalized spacial score (nSPS) is 30.7. The molecule has 7 nitrogen and oxygen atoms in total. The van der Waals surface area contributed by atoms with Crippen LogP contribution >= 0.6 is 0 Å². The third-order valence-electron chi connectivity index (χ3n) is 8.06. The van der Waals surface area contributed by atoms with Crippen molar-refractivity contribution in [1.82, 2.24) is 15.5 Å². The minimum absolute atomic E-state index is 0.0327. The van der Waals surface area contributed by atoms with Gasteiger partial charge in [0.05, 0.1) is 5.60 Å². The molecule has 5 rings (SSSR count). The molecule has 0 spiro atoms. The van der Waals surface area contributed by atoms with E-state index in [1.807, 2.05) is 18.2 Å². The van der Waals surface area contributed by atoms with Crippen molar-refractivity contribution in [3.05, 3.63) is 41.6 Å². The summed E-state index contributed by atoms with van der Waals surface area (Å²) >= 11 is 0. The van der Waals surface area contributed by atoms with Gasteiger partial charge in [-0.15, -0.1) is 0 Å². The minimum atomic E-state index is -0.438. The van der Waals surface area contributed by atoms with Gasteiger partial charge in [0.1, 0.15) is 17.9 Å². The molecule has 1 saturated carbocycles. The number of benzene rings is 1. The first kappa shape index (κ1) is 24.3. The van der Waals surface area contributed by atoms with E-state index in [1.54, 1.807) is 4.90 Å². The van der Waals surface area contributed by atoms with E-state index in [1.165, 1.54) is 12.8 Å². The second-order valence-corrected chi connectivity index (χ2v) is 11.3. The van der Waals surface area contributed by atoms with Gasteiger partial charge in [-0.2, -0.15) is 0 Å². The van der Waals surface area contributed by atoms with Crippen molar-refractivity contribution in [3.8, 4) is 5.75 Å². The van der Waals surface area contributed by atoms with Crippen LogP contribution in [0.3, 0.4) is 0 Å². The minimum Gasteiger partial charge on any atom is -0.489 e. The summed E-state index contributed by atoms with van der Waals surface area (Å²) in [5.74, 6) is 1.23. The third-order valence-corrected chi connectivity index (χ3v) is 8.06. The van der Waals surface area contributed by atoms with E-state index in [2.05, 4.69) is 31.1 Å². The van der Waals surface area contributed by atoms with Gasteiger partial charge in [-0.3, -0.25) is 9.59 Å². The third kappa shape index (κ3) is 5.41. The van der Waals surface area contributed by atoms with Crippen molar-refractivity contribution in [1.29, 1.82) is 0 Å². The molecule has 190 valence electrons. The van der Waals surface area contributed by atoms with Gasteiger partial charge < -0.3 is 25.0 Å². The van der Waals surface area contributed by atoms with Crippen LogP contribution in [0.2, 0.25) is 0 Å². The van der Waals surface area contributed by atoms with Crippen LogP contribution in [0.25, 0.3) is 0 Å². The predicted octanol–water partition coefficient (Wildman–Crippen LogP) is 3.92. The maximum Gasteiger partial charge on any atom is 0.255 e. The Balaban J connectivity index is 1.21. The lowest BCUT2D eigenvalue weighted by atomic mass is 9.87. The summed E-state index contributed by atoms with van der Waals surface area (Å²) in [5.41, 5.74) is 2.31. The molecule has 35 heavy (non-hydrogen) atoms. The Kier molecular flexibility index (Phi) is 6.91. The van der Waals surface area contributed by atoms with Crippen LogP contribution in [0, 0.1) is 5.92 Å². The maximum atomic E-state index is 13.0. The average Bonchev–Trinajstić information content (AvgIpc) is 3.13. The number of amides is 2. The van der Waals surface area contributed by atoms with Crippen molar-refractivity contribution in [3.63, 3.8) is 0 Å². The molecule has 3 fully saturated rings. The fraction of sp³-hybridized carbons (Fsp3) is 0.643. The number of hydrogen-bond acceptors (Lipinski definition) is 5. The molecule has 4 unspecified atom stereocenters. The highest BCUT2D eigenvalue weighted by atomic mass is 16.5. The number of allylic oxidation sites excluding steroid dienone is 1. The monoisotopic (exact) mass is 481 g/mol. The van der Waals surface area contributed by atoms with E-state index < -0.39 is 6.04 Å². The molecule has 2 amide bonds. The second kappa shape index (κ2) is 9.94. The number of nitrogens with one attached hydrogen (secondary N) is 2. The summed E-state index contributed by atoms with van der Waals surface area (Å²) in [5, 5.41) is 6.62. The lowest BCUT2D eigenvalue weighted by Gasteiger charge is -2.38. The highest BCUT2D eigenvalue weighted by Crippen LogP contribution is 2.33. The number of nitrogens with zero attached hydrogens (tertiary/aromatic N) is 1. The number of ether oxygens (including phenoxy) is 2. The van der Waals surface area contributed by atoms with Gasteiger partial charge in [-0.05, 0) is 95.0 Å². The Morgan fingerprint density at radius 1 is 1.20 bits per heavy atom. The zero-order chi connectivity index (χ0) is 24.6. The van der Waals surface area contributed by atoms with Gasteiger partial charge in [0.2, 0.25) is 5.91 Å². The molecule has 4 aliphatic rings. The standard InChI is InChI=1S/C28H39N3O4/c1-18-8-11-24(26(32)30-18)31-17-20-14-21(9-10-22(20)27(31)33)35-25-7-5-4-6-23(25)29-16-19-12-13-34-28(2,3)15-19/h9-10,14,19,23-25,29H,1,4-8,11-13,15-17H2,2-3H3,(H,30,32). The predicted molar refractivity (Wildman–Crippen MR) is 134 cm³/mol. The Morgan fingerprint density at radius 2 is 2.03 bits per heavy atom. The van der Waals surface area contributed by atoms with E-state index in [0.717, 1.165) is 55.8 Å². The van der Waals surface area contributed by atoms with Crippen molar-refractivity contribution in [2.24, 2.45) is 5.92 Å². The molecule has 4 atom stereocenters. The second-order valence-electron chi connectivity index (χ2n) is 11.3. The van der Waals surface area contributed by atoms with Gasteiger partial charge in [0.15, 0.2) is 0 Å². The average molecular weight is 482 g/mol. The van der Waals surface area contributed by atoms with Crippen molar-refractivity contribution < 1.29 is 19.1 Å². The van der Waals surface area contributed by atoms with Crippen molar-refractivity contribution >= 4 is 11.8 Å². The summed E-state index contributed by atoms with van der Waals surface area (Å²) in [6.45, 7) is 10.5. The molecule has 0 aromatic heterocycles. The fourth-order valence-corrected chi connectivity index (χ4v) is 6.20. The lowest BCUT2D eigenvalue weighted by Crippen LogP contribution is -2.49. The Bertz CT molecular complexity index is 990. The Hall–Kier alpha value is -2.38. The van der Waals surface area contributed by atoms with E-state index in [4.69, 9.17) is 9.47 Å². The maximum absolute atomic E-state index is 13.0. The molecule has 2 saturated heterocycles. The van der Waals surface area contributed by atoms with Crippen LogP contribution in [0.4, 0.5) is 0 Å². The van der Waals surface area contributed by atoms with Crippen molar-refractivity contribution in [2.75, 3.05) is 13.2 Å². The summed E-state index contributed by atoms with van der Waals surface area (Å²) < 4.78 is 12.4. The van der Waals surface area contributed by atoms with Gasteiger partial charge >= 0.3 is 0 Å². The molecular weight excluding hydrogens is 442 g/mol. The van der Waals surface area contributed by atoms with Crippen LogP contribution in [0.1, 0.15) is 81.1 Å². The zero-order valence-electron chi connectivity index (χ0n) is 21.1. The summed E-state index contributed by atoms with van der Waals surface area (Å²) in [6, 6.07) is 5.67. The number of piperidine rings is 1. The molecular formula is C28H39N3O4. The molecule has 1 aliphatic carbocycles.